The van der Waals surface area contributed by atoms with Crippen LogP contribution < -0.4 is 0 Å². The summed E-state index contributed by atoms with van der Waals surface area (Å²) in [6, 6.07) is 0. The molecule has 2 nitrogen and oxygen atoms in total. The molecule has 0 spiro atoms. The quantitative estimate of drug-likeness (QED) is 0.514. The van der Waals surface area contributed by atoms with Gasteiger partial charge in [0.25, 0.3) is 5.35 Å². The molecule has 0 unspecified atom stereocenters. The van der Waals surface area contributed by atoms with E-state index in [1.165, 1.54) is 6.20 Å². The van der Waals surface area contributed by atoms with E-state index in [-0.39, 0.29) is 5.35 Å². The highest BCUT2D eigenvalue weighted by Crippen LogP contribution is 2.05. The van der Waals surface area contributed by atoms with E-state index < -0.39 is 0 Å². The Kier molecular flexibility index (Phi) is 1.02. The van der Waals surface area contributed by atoms with Gasteiger partial charge in [0.05, 0.1) is 6.20 Å². The maximum absolute atomic E-state index is 5.24. The van der Waals surface area contributed by atoms with Gasteiger partial charge >= 0.3 is 0 Å². The van der Waals surface area contributed by atoms with Gasteiger partial charge < -0.3 is 4.42 Å². The highest BCUT2D eigenvalue weighted by Gasteiger charge is 1.90. The summed E-state index contributed by atoms with van der Waals surface area (Å²) in [6.45, 7) is 3.43. The van der Waals surface area contributed by atoms with Crippen molar-refractivity contribution in [3.8, 4) is 0 Å². The van der Waals surface area contributed by atoms with Crippen molar-refractivity contribution < 1.29 is 4.42 Å². The molecule has 0 fully saturated rings. The Hall–Kier alpha value is -0.500. The zero-order chi connectivity index (χ0) is 5.28. The van der Waals surface area contributed by atoms with Crippen LogP contribution in [0.3, 0.4) is 0 Å². The molecule has 0 aliphatic rings. The molecule has 0 aromatic carbocycles. The average molecular weight is 117 g/mol. The summed E-state index contributed by atoms with van der Waals surface area (Å²) in [6.07, 6.45) is 1.46. The lowest BCUT2D eigenvalue weighted by molar-refractivity contribution is 0.543. The third-order valence-corrected chi connectivity index (χ3v) is 0.700. The van der Waals surface area contributed by atoms with Crippen molar-refractivity contribution in [3.05, 3.63) is 24.2 Å². The molecular weight excluding hydrogens is 114 g/mol. The third kappa shape index (κ3) is 0.933. The second-order valence-corrected chi connectivity index (χ2v) is 1.40. The highest BCUT2D eigenvalue weighted by atomic mass is 35.5. The lowest BCUT2D eigenvalue weighted by Crippen LogP contribution is -1.51. The highest BCUT2D eigenvalue weighted by molar-refractivity contribution is 6.27. The van der Waals surface area contributed by atoms with Crippen LogP contribution >= 0.6 is 11.6 Å². The van der Waals surface area contributed by atoms with Crippen LogP contribution in [0.2, 0.25) is 5.35 Å². The fraction of sp³-hybridized carbons (Fsp3) is 0. The van der Waals surface area contributed by atoms with Gasteiger partial charge in [-0.2, -0.15) is 0 Å². The number of oxazole rings is 1. The Morgan fingerprint density at radius 1 is 1.86 bits per heavy atom. The van der Waals surface area contributed by atoms with E-state index in [1.54, 1.807) is 0 Å². The summed E-state index contributed by atoms with van der Waals surface area (Å²) in [5, 5.41) is 0.144. The Morgan fingerprint density at radius 3 is 2.71 bits per heavy atom. The summed E-state index contributed by atoms with van der Waals surface area (Å²) < 4.78 is 4.63. The molecule has 0 amide bonds. The molecule has 0 bridgehead atoms. The Labute approximate surface area is 46.1 Å². The largest absolute Gasteiger partial charge is 0.433 e. The first-order valence-corrected chi connectivity index (χ1v) is 2.10. The van der Waals surface area contributed by atoms with E-state index >= 15 is 0 Å². The Balaban J connectivity index is 3.04. The predicted molar refractivity (Wildman–Crippen MR) is 26.0 cm³/mol. The molecule has 0 aliphatic carbocycles. The molecule has 0 N–H and O–H groups in total. The van der Waals surface area contributed by atoms with E-state index in [9.17, 15) is 0 Å². The maximum Gasteiger partial charge on any atom is 0.292 e. The zero-order valence-electron chi connectivity index (χ0n) is 3.52. The van der Waals surface area contributed by atoms with Gasteiger partial charge in [-0.3, -0.25) is 0 Å². The molecule has 37 valence electrons. The predicted octanol–water partition coefficient (Wildman–Crippen LogP) is 1.51. The molecule has 1 aromatic heterocycles. The van der Waals surface area contributed by atoms with Crippen molar-refractivity contribution in [1.82, 2.24) is 4.98 Å². The number of halogens is 1. The first kappa shape index (κ1) is 4.65. The molecule has 1 heterocycles. The minimum absolute atomic E-state index is 0.144. The summed E-state index contributed by atoms with van der Waals surface area (Å²) in [5.41, 5.74) is 0. The topological polar surface area (TPSA) is 26.0 Å². The normalized spacial score (nSPS) is 9.43. The zero-order valence-corrected chi connectivity index (χ0v) is 4.27. The Morgan fingerprint density at radius 2 is 2.57 bits per heavy atom. The molecule has 1 radical (unpaired) electrons. The van der Waals surface area contributed by atoms with Crippen molar-refractivity contribution in [2.45, 2.75) is 0 Å². The van der Waals surface area contributed by atoms with Crippen LogP contribution in [0.15, 0.2) is 10.6 Å². The summed E-state index contributed by atoms with van der Waals surface area (Å²) >= 11 is 5.24. The van der Waals surface area contributed by atoms with Crippen molar-refractivity contribution in [3.63, 3.8) is 0 Å². The van der Waals surface area contributed by atoms with Crippen molar-refractivity contribution >= 4 is 11.6 Å². The number of nitrogens with zero attached hydrogens (tertiary/aromatic N) is 1. The first-order chi connectivity index (χ1) is 3.29. The second kappa shape index (κ2) is 1.54. The lowest BCUT2D eigenvalue weighted by Gasteiger charge is -1.70. The lowest BCUT2D eigenvalue weighted by atomic mass is 10.6. The van der Waals surface area contributed by atoms with E-state index in [2.05, 4.69) is 16.3 Å². The minimum Gasteiger partial charge on any atom is -0.433 e. The van der Waals surface area contributed by atoms with Crippen LogP contribution in [0.5, 0.6) is 0 Å². The van der Waals surface area contributed by atoms with E-state index in [4.69, 9.17) is 11.6 Å². The van der Waals surface area contributed by atoms with Crippen LogP contribution in [0, 0.1) is 6.92 Å². The smallest absolute Gasteiger partial charge is 0.292 e. The van der Waals surface area contributed by atoms with E-state index in [0.29, 0.717) is 5.76 Å². The fourth-order valence-electron chi connectivity index (χ4n) is 0.284. The summed E-state index contributed by atoms with van der Waals surface area (Å²) in [7, 11) is 0. The van der Waals surface area contributed by atoms with Crippen LogP contribution in [0.25, 0.3) is 0 Å². The van der Waals surface area contributed by atoms with Crippen molar-refractivity contribution in [2.24, 2.45) is 0 Å². The first-order valence-electron chi connectivity index (χ1n) is 1.72. The number of aromatic nitrogens is 1. The van der Waals surface area contributed by atoms with Gasteiger partial charge in [-0.05, 0) is 11.6 Å². The molecular formula is C4H3ClNO. The molecule has 1 aromatic rings. The van der Waals surface area contributed by atoms with Crippen LogP contribution in [0.1, 0.15) is 5.76 Å². The van der Waals surface area contributed by atoms with Gasteiger partial charge in [-0.15, -0.1) is 0 Å². The van der Waals surface area contributed by atoms with Crippen molar-refractivity contribution in [1.29, 1.82) is 0 Å². The monoisotopic (exact) mass is 116 g/mol. The van der Waals surface area contributed by atoms with Gasteiger partial charge in [-0.1, -0.05) is 0 Å². The van der Waals surface area contributed by atoms with E-state index in [1.807, 2.05) is 0 Å². The Bertz CT molecular complexity index is 144. The van der Waals surface area contributed by atoms with E-state index in [0.717, 1.165) is 0 Å². The fourth-order valence-corrected chi connectivity index (χ4v) is 0.432. The third-order valence-electron chi connectivity index (χ3n) is 0.525. The van der Waals surface area contributed by atoms with Gasteiger partial charge in [-0.25, -0.2) is 4.98 Å². The molecule has 0 saturated carbocycles. The number of hydrogen-bond acceptors (Lipinski definition) is 2. The van der Waals surface area contributed by atoms with Crippen LogP contribution in [-0.4, -0.2) is 4.98 Å². The average Bonchev–Trinajstić information content (AvgIpc) is 1.87. The SMILES string of the molecule is [CH2]c1cnc(Cl)o1. The number of rotatable bonds is 0. The van der Waals surface area contributed by atoms with Gasteiger partial charge in [0.1, 0.15) is 5.76 Å². The molecule has 1 rings (SSSR count). The van der Waals surface area contributed by atoms with Gasteiger partial charge in [0.15, 0.2) is 0 Å². The maximum atomic E-state index is 5.24. The van der Waals surface area contributed by atoms with Crippen LogP contribution in [-0.2, 0) is 0 Å². The second-order valence-electron chi connectivity index (χ2n) is 1.08. The van der Waals surface area contributed by atoms with Gasteiger partial charge in [0.2, 0.25) is 0 Å². The minimum atomic E-state index is 0.144. The molecule has 0 aliphatic heterocycles. The standard InChI is InChI=1S/C4H3ClNO/c1-3-2-6-4(5)7-3/h2H,1H2. The van der Waals surface area contributed by atoms with Crippen LogP contribution in [0.4, 0.5) is 0 Å². The van der Waals surface area contributed by atoms with Gasteiger partial charge in [0, 0.05) is 6.92 Å². The summed E-state index contributed by atoms with van der Waals surface area (Å²) in [4.78, 5) is 3.55. The summed E-state index contributed by atoms with van der Waals surface area (Å²) in [5.74, 6) is 0.491. The van der Waals surface area contributed by atoms with Crippen molar-refractivity contribution in [2.75, 3.05) is 0 Å². The molecule has 0 saturated heterocycles. The molecule has 0 atom stereocenters. The number of hydrogen-bond donors (Lipinski definition) is 0. The molecule has 7 heavy (non-hydrogen) atoms. The molecule has 3 heteroatoms.